The zero-order valence-electron chi connectivity index (χ0n) is 16.2. The lowest BCUT2D eigenvalue weighted by molar-refractivity contribution is -0.132. The topological polar surface area (TPSA) is 36.0 Å². The third-order valence-corrected chi connectivity index (χ3v) is 5.54. The lowest BCUT2D eigenvalue weighted by Gasteiger charge is -2.35. The molecule has 0 N–H and O–H groups in total. The van der Waals surface area contributed by atoms with Gasteiger partial charge in [-0.1, -0.05) is 31.0 Å². The van der Waals surface area contributed by atoms with E-state index in [9.17, 15) is 4.79 Å². The zero-order valence-corrected chi connectivity index (χ0v) is 16.2. The standard InChI is InChI=1S/C21H33N3O2/c1-19-8-4-5-9-20(19)26-17-16-22-12-14-23(15-13-22)18-21(25)24-10-6-2-3-7-11-24/h4-5,8-9H,2-3,6-7,10-18H2,1H3. The SMILES string of the molecule is Cc1ccccc1OCCN1CCN(CC(=O)N2CCCCCC2)CC1. The third kappa shape index (κ3) is 5.71. The molecular formula is C21H33N3O2. The van der Waals surface area contributed by atoms with Gasteiger partial charge in [-0.2, -0.15) is 0 Å². The normalized spacial score (nSPS) is 20.0. The number of aryl methyl sites for hydroxylation is 1. The Kier molecular flexibility index (Phi) is 7.32. The van der Waals surface area contributed by atoms with E-state index in [1.807, 2.05) is 18.2 Å². The molecule has 2 aliphatic rings. The molecule has 0 unspecified atom stereocenters. The van der Waals surface area contributed by atoms with Crippen LogP contribution in [-0.2, 0) is 4.79 Å². The summed E-state index contributed by atoms with van der Waals surface area (Å²) in [6.45, 7) is 10.2. The van der Waals surface area contributed by atoms with Crippen molar-refractivity contribution in [1.82, 2.24) is 14.7 Å². The van der Waals surface area contributed by atoms with E-state index in [1.165, 1.54) is 31.2 Å². The quantitative estimate of drug-likeness (QED) is 0.781. The molecule has 2 aliphatic heterocycles. The Bertz CT molecular complexity index is 562. The number of likely N-dealkylation sites (tertiary alicyclic amines) is 1. The summed E-state index contributed by atoms with van der Waals surface area (Å²) in [4.78, 5) is 19.3. The van der Waals surface area contributed by atoms with E-state index in [1.54, 1.807) is 0 Å². The van der Waals surface area contributed by atoms with Gasteiger partial charge in [0.25, 0.3) is 0 Å². The Balaban J connectivity index is 1.33. The molecule has 5 heteroatoms. The van der Waals surface area contributed by atoms with E-state index in [-0.39, 0.29) is 0 Å². The maximum absolute atomic E-state index is 12.5. The van der Waals surface area contributed by atoms with Gasteiger partial charge in [0.1, 0.15) is 12.4 Å². The maximum Gasteiger partial charge on any atom is 0.236 e. The van der Waals surface area contributed by atoms with Crippen molar-refractivity contribution in [3.63, 3.8) is 0 Å². The highest BCUT2D eigenvalue weighted by molar-refractivity contribution is 5.78. The number of amides is 1. The minimum absolute atomic E-state index is 0.322. The van der Waals surface area contributed by atoms with E-state index in [0.717, 1.165) is 58.2 Å². The monoisotopic (exact) mass is 359 g/mol. The number of ether oxygens (including phenoxy) is 1. The first-order valence-electron chi connectivity index (χ1n) is 10.1. The molecule has 5 nitrogen and oxygen atoms in total. The minimum atomic E-state index is 0.322. The molecule has 0 radical (unpaired) electrons. The van der Waals surface area contributed by atoms with Crippen LogP contribution in [0.25, 0.3) is 0 Å². The number of benzene rings is 1. The molecule has 144 valence electrons. The number of carbonyl (C=O) groups excluding carboxylic acids is 1. The van der Waals surface area contributed by atoms with Crippen molar-refractivity contribution in [1.29, 1.82) is 0 Å². The highest BCUT2D eigenvalue weighted by Crippen LogP contribution is 2.16. The molecule has 0 saturated carbocycles. The molecule has 26 heavy (non-hydrogen) atoms. The first-order chi connectivity index (χ1) is 12.7. The van der Waals surface area contributed by atoms with Gasteiger partial charge in [-0.15, -0.1) is 0 Å². The number of carbonyl (C=O) groups is 1. The van der Waals surface area contributed by atoms with Gasteiger partial charge in [-0.05, 0) is 31.4 Å². The van der Waals surface area contributed by atoms with Gasteiger partial charge in [-0.3, -0.25) is 14.6 Å². The van der Waals surface area contributed by atoms with Crippen LogP contribution in [-0.4, -0.2) is 79.6 Å². The molecule has 1 amide bonds. The van der Waals surface area contributed by atoms with Crippen LogP contribution in [0.1, 0.15) is 31.2 Å². The van der Waals surface area contributed by atoms with Crippen LogP contribution in [0, 0.1) is 6.92 Å². The summed E-state index contributed by atoms with van der Waals surface area (Å²) in [5.41, 5.74) is 1.18. The van der Waals surface area contributed by atoms with Crippen LogP contribution in [0.4, 0.5) is 0 Å². The molecular weight excluding hydrogens is 326 g/mol. The molecule has 2 saturated heterocycles. The fourth-order valence-electron chi connectivity index (χ4n) is 3.79. The Morgan fingerprint density at radius 1 is 0.923 bits per heavy atom. The van der Waals surface area contributed by atoms with Gasteiger partial charge in [0.05, 0.1) is 6.54 Å². The molecule has 0 spiro atoms. The van der Waals surface area contributed by atoms with Crippen LogP contribution in [0.15, 0.2) is 24.3 Å². The first kappa shape index (κ1) is 19.2. The number of para-hydroxylation sites is 1. The fraction of sp³-hybridized carbons (Fsp3) is 0.667. The summed E-state index contributed by atoms with van der Waals surface area (Å²) in [5, 5.41) is 0. The van der Waals surface area contributed by atoms with E-state index < -0.39 is 0 Å². The van der Waals surface area contributed by atoms with Crippen LogP contribution < -0.4 is 4.74 Å². The minimum Gasteiger partial charge on any atom is -0.492 e. The first-order valence-corrected chi connectivity index (χ1v) is 10.1. The number of nitrogens with zero attached hydrogens (tertiary/aromatic N) is 3. The molecule has 1 aromatic carbocycles. The molecule has 3 rings (SSSR count). The summed E-state index contributed by atoms with van der Waals surface area (Å²) >= 11 is 0. The van der Waals surface area contributed by atoms with E-state index in [2.05, 4.69) is 27.7 Å². The highest BCUT2D eigenvalue weighted by Gasteiger charge is 2.22. The van der Waals surface area contributed by atoms with Gasteiger partial charge >= 0.3 is 0 Å². The summed E-state index contributed by atoms with van der Waals surface area (Å²) < 4.78 is 5.91. The average Bonchev–Trinajstić information content (AvgIpc) is 2.94. The summed E-state index contributed by atoms with van der Waals surface area (Å²) in [6.07, 6.45) is 4.88. The van der Waals surface area contributed by atoms with Gasteiger partial charge < -0.3 is 9.64 Å². The molecule has 2 fully saturated rings. The zero-order chi connectivity index (χ0) is 18.2. The predicted octanol–water partition coefficient (Wildman–Crippen LogP) is 2.39. The second-order valence-corrected chi connectivity index (χ2v) is 7.53. The average molecular weight is 360 g/mol. The van der Waals surface area contributed by atoms with Crippen molar-refractivity contribution in [2.75, 3.05) is 59.0 Å². The Morgan fingerprint density at radius 2 is 1.58 bits per heavy atom. The molecule has 0 aliphatic carbocycles. The van der Waals surface area contributed by atoms with Crippen molar-refractivity contribution >= 4 is 5.91 Å². The van der Waals surface area contributed by atoms with E-state index in [0.29, 0.717) is 12.5 Å². The molecule has 0 atom stereocenters. The van der Waals surface area contributed by atoms with Gasteiger partial charge in [0.2, 0.25) is 5.91 Å². The largest absolute Gasteiger partial charge is 0.492 e. The lowest BCUT2D eigenvalue weighted by Crippen LogP contribution is -2.50. The summed E-state index contributed by atoms with van der Waals surface area (Å²) in [6, 6.07) is 8.16. The summed E-state index contributed by atoms with van der Waals surface area (Å²) in [7, 11) is 0. The van der Waals surface area contributed by atoms with Crippen LogP contribution in [0.2, 0.25) is 0 Å². The molecule has 0 bridgehead atoms. The fourth-order valence-corrected chi connectivity index (χ4v) is 3.79. The molecule has 2 heterocycles. The van der Waals surface area contributed by atoms with Crippen molar-refractivity contribution in [3.05, 3.63) is 29.8 Å². The van der Waals surface area contributed by atoms with E-state index >= 15 is 0 Å². The van der Waals surface area contributed by atoms with E-state index in [4.69, 9.17) is 4.74 Å². The van der Waals surface area contributed by atoms with Crippen molar-refractivity contribution < 1.29 is 9.53 Å². The van der Waals surface area contributed by atoms with Crippen molar-refractivity contribution in [2.24, 2.45) is 0 Å². The Morgan fingerprint density at radius 3 is 2.27 bits per heavy atom. The number of piperazine rings is 1. The second-order valence-electron chi connectivity index (χ2n) is 7.53. The second kappa shape index (κ2) is 9.93. The van der Waals surface area contributed by atoms with Crippen LogP contribution in [0.5, 0.6) is 5.75 Å². The lowest BCUT2D eigenvalue weighted by atomic mass is 10.2. The smallest absolute Gasteiger partial charge is 0.236 e. The summed E-state index contributed by atoms with van der Waals surface area (Å²) in [5.74, 6) is 1.30. The van der Waals surface area contributed by atoms with Crippen molar-refractivity contribution in [3.8, 4) is 5.75 Å². The Labute approximate surface area is 157 Å². The van der Waals surface area contributed by atoms with Crippen molar-refractivity contribution in [2.45, 2.75) is 32.6 Å². The number of rotatable bonds is 6. The maximum atomic E-state index is 12.5. The van der Waals surface area contributed by atoms with Crippen LogP contribution in [0.3, 0.4) is 0 Å². The molecule has 1 aromatic rings. The number of hydrogen-bond donors (Lipinski definition) is 0. The third-order valence-electron chi connectivity index (χ3n) is 5.54. The van der Waals surface area contributed by atoms with Gasteiger partial charge in [0, 0.05) is 45.8 Å². The Hall–Kier alpha value is -1.59. The van der Waals surface area contributed by atoms with Gasteiger partial charge in [-0.25, -0.2) is 0 Å². The van der Waals surface area contributed by atoms with Gasteiger partial charge in [0.15, 0.2) is 0 Å². The highest BCUT2D eigenvalue weighted by atomic mass is 16.5. The number of hydrogen-bond acceptors (Lipinski definition) is 4. The van der Waals surface area contributed by atoms with Crippen LogP contribution >= 0.6 is 0 Å². The predicted molar refractivity (Wildman–Crippen MR) is 105 cm³/mol. The molecule has 0 aromatic heterocycles.